The van der Waals surface area contributed by atoms with E-state index in [1.165, 1.54) is 25.3 Å². The number of carboxylic acids is 1. The van der Waals surface area contributed by atoms with Gasteiger partial charge >= 0.3 is 5.97 Å². The van der Waals surface area contributed by atoms with Crippen molar-refractivity contribution in [3.05, 3.63) is 95.0 Å². The molecule has 3 N–H and O–H groups in total. The van der Waals surface area contributed by atoms with Gasteiger partial charge in [-0.1, -0.05) is 17.7 Å². The molecule has 1 aliphatic heterocycles. The van der Waals surface area contributed by atoms with Crippen molar-refractivity contribution >= 4 is 56.3 Å². The summed E-state index contributed by atoms with van der Waals surface area (Å²) in [6.07, 6.45) is 2.74. The number of hydrogen-bond acceptors (Lipinski definition) is 7. The van der Waals surface area contributed by atoms with Gasteiger partial charge in [0, 0.05) is 23.5 Å². The first kappa shape index (κ1) is 27.4. The molecule has 0 bridgehead atoms. The molecule has 1 saturated heterocycles. The highest BCUT2D eigenvalue weighted by Gasteiger charge is 2.43. The number of benzene rings is 2. The Kier molecular flexibility index (Phi) is 7.41. The lowest BCUT2D eigenvalue weighted by Gasteiger charge is -2.27. The van der Waals surface area contributed by atoms with E-state index in [1.807, 2.05) is 23.1 Å². The number of halogens is 1. The number of ether oxygens (including phenoxy) is 1. The van der Waals surface area contributed by atoms with Gasteiger partial charge in [-0.05, 0) is 66.8 Å². The van der Waals surface area contributed by atoms with Crippen molar-refractivity contribution < 1.29 is 27.5 Å². The van der Waals surface area contributed by atoms with Crippen LogP contribution in [0.5, 0.6) is 5.75 Å². The molecule has 13 heteroatoms. The second kappa shape index (κ2) is 10.8. The first-order valence-electron chi connectivity index (χ1n) is 11.8. The molecule has 206 valence electrons. The molecular formula is C27H23ClN4O6S2. The van der Waals surface area contributed by atoms with E-state index in [1.54, 1.807) is 36.5 Å². The summed E-state index contributed by atoms with van der Waals surface area (Å²) < 4.78 is 37.9. The third-order valence-corrected chi connectivity index (χ3v) is 7.49. The van der Waals surface area contributed by atoms with E-state index in [9.17, 15) is 18.3 Å². The van der Waals surface area contributed by atoms with Crippen LogP contribution in [0.25, 0.3) is 11.3 Å². The first-order valence-corrected chi connectivity index (χ1v) is 14.5. The second-order valence-corrected chi connectivity index (χ2v) is 11.5. The standard InChI is InChI=1S/C27H23ClN4O6S2/c1-37-23-14-16(7-9-19(23)31-40(2,35)36)32-25(24(30-27(32)39)20-5-3-4-12-29-20)22-11-10-21(38-22)17-13-15(26(33)34)6-8-18(17)28/h3-14,24-25,31H,1-2H3,(H,30,39)(H,33,34)/t24-,25-/m0/s1. The maximum absolute atomic E-state index is 11.8. The van der Waals surface area contributed by atoms with Crippen LogP contribution in [0.15, 0.2) is 77.3 Å². The lowest BCUT2D eigenvalue weighted by Crippen LogP contribution is -2.29. The molecule has 0 unspecified atom stereocenters. The molecule has 1 aliphatic rings. The molecule has 1 fully saturated rings. The Morgan fingerprint density at radius 2 is 1.98 bits per heavy atom. The Morgan fingerprint density at radius 1 is 1.18 bits per heavy atom. The van der Waals surface area contributed by atoms with E-state index in [4.69, 9.17) is 33.0 Å². The number of nitrogens with zero attached hydrogens (tertiary/aromatic N) is 2. The number of aromatic nitrogens is 1. The number of carboxylic acid groups (broad SMARTS) is 1. The minimum Gasteiger partial charge on any atom is -0.494 e. The largest absolute Gasteiger partial charge is 0.494 e. The van der Waals surface area contributed by atoms with Crippen molar-refractivity contribution in [2.45, 2.75) is 12.1 Å². The Labute approximate surface area is 240 Å². The molecule has 0 radical (unpaired) electrons. The number of methoxy groups -OCH3 is 1. The van der Waals surface area contributed by atoms with Crippen LogP contribution in [0.1, 0.15) is 33.9 Å². The van der Waals surface area contributed by atoms with Crippen LogP contribution in [0.3, 0.4) is 0 Å². The van der Waals surface area contributed by atoms with E-state index >= 15 is 0 Å². The number of nitrogens with one attached hydrogen (secondary N) is 2. The normalized spacial score (nSPS) is 17.0. The van der Waals surface area contributed by atoms with E-state index in [-0.39, 0.29) is 11.3 Å². The number of carbonyl (C=O) groups is 1. The Bertz CT molecular complexity index is 1710. The molecule has 0 spiro atoms. The van der Waals surface area contributed by atoms with Crippen molar-refractivity contribution in [1.29, 1.82) is 0 Å². The average Bonchev–Trinajstić information content (AvgIpc) is 3.53. The fourth-order valence-electron chi connectivity index (χ4n) is 4.54. The quantitative estimate of drug-likeness (QED) is 0.231. The fourth-order valence-corrected chi connectivity index (χ4v) is 5.66. The zero-order valence-electron chi connectivity index (χ0n) is 21.2. The van der Waals surface area contributed by atoms with Gasteiger partial charge in [-0.25, -0.2) is 13.2 Å². The van der Waals surface area contributed by atoms with Crippen LogP contribution < -0.4 is 19.7 Å². The van der Waals surface area contributed by atoms with Crippen LogP contribution in [0.4, 0.5) is 11.4 Å². The van der Waals surface area contributed by atoms with Gasteiger partial charge in [-0.3, -0.25) is 9.71 Å². The summed E-state index contributed by atoms with van der Waals surface area (Å²) in [6, 6.07) is 17.5. The molecule has 5 rings (SSSR count). The van der Waals surface area contributed by atoms with Crippen LogP contribution in [0, 0.1) is 0 Å². The predicted octanol–water partition coefficient (Wildman–Crippen LogP) is 5.25. The summed E-state index contributed by atoms with van der Waals surface area (Å²) in [4.78, 5) is 17.9. The SMILES string of the molecule is COc1cc(N2C(=S)N[C@@H](c3ccccn3)[C@@H]2c2ccc(-c3cc(C(=O)O)ccc3Cl)o2)ccc1NS(C)(=O)=O. The minimum absolute atomic E-state index is 0.0731. The zero-order chi connectivity index (χ0) is 28.6. The van der Waals surface area contributed by atoms with E-state index in [2.05, 4.69) is 15.0 Å². The Hall–Kier alpha value is -4.13. The van der Waals surface area contributed by atoms with Crippen LogP contribution in [-0.2, 0) is 10.0 Å². The second-order valence-electron chi connectivity index (χ2n) is 8.96. The number of hydrogen-bond donors (Lipinski definition) is 3. The molecule has 2 atom stereocenters. The van der Waals surface area contributed by atoms with Crippen molar-refractivity contribution in [3.63, 3.8) is 0 Å². The first-order chi connectivity index (χ1) is 19.1. The Balaban J connectivity index is 1.61. The zero-order valence-corrected chi connectivity index (χ0v) is 23.5. The number of pyridine rings is 1. The number of sulfonamides is 1. The molecule has 3 heterocycles. The minimum atomic E-state index is -3.54. The summed E-state index contributed by atoms with van der Waals surface area (Å²) in [6.45, 7) is 0. The van der Waals surface area contributed by atoms with Gasteiger partial charge in [0.15, 0.2) is 5.11 Å². The molecule has 0 amide bonds. The van der Waals surface area contributed by atoms with E-state index in [0.29, 0.717) is 44.3 Å². The smallest absolute Gasteiger partial charge is 0.335 e. The van der Waals surface area contributed by atoms with Gasteiger partial charge in [-0.15, -0.1) is 0 Å². The molecule has 0 aliphatic carbocycles. The number of furan rings is 1. The van der Waals surface area contributed by atoms with Crippen LogP contribution >= 0.6 is 23.8 Å². The molecule has 0 saturated carbocycles. The van der Waals surface area contributed by atoms with Gasteiger partial charge < -0.3 is 24.5 Å². The molecule has 4 aromatic rings. The number of anilines is 2. The topological polar surface area (TPSA) is 134 Å². The summed E-state index contributed by atoms with van der Waals surface area (Å²) in [5.41, 5.74) is 2.10. The molecule has 2 aromatic carbocycles. The lowest BCUT2D eigenvalue weighted by molar-refractivity contribution is 0.0697. The van der Waals surface area contributed by atoms with E-state index < -0.39 is 28.1 Å². The summed E-state index contributed by atoms with van der Waals surface area (Å²) in [7, 11) is -2.10. The number of thiocarbonyl (C=S) groups is 1. The van der Waals surface area contributed by atoms with E-state index in [0.717, 1.165) is 6.26 Å². The maximum atomic E-state index is 11.8. The highest BCUT2D eigenvalue weighted by Crippen LogP contribution is 2.45. The summed E-state index contributed by atoms with van der Waals surface area (Å²) in [5, 5.41) is 13.5. The highest BCUT2D eigenvalue weighted by atomic mass is 35.5. The molecule has 10 nitrogen and oxygen atoms in total. The van der Waals surface area contributed by atoms with Crippen molar-refractivity contribution in [2.75, 3.05) is 23.0 Å². The predicted molar refractivity (Wildman–Crippen MR) is 156 cm³/mol. The molecule has 40 heavy (non-hydrogen) atoms. The fraction of sp³-hybridized carbons (Fsp3) is 0.148. The van der Waals surface area contributed by atoms with Gasteiger partial charge in [0.2, 0.25) is 10.0 Å². The summed E-state index contributed by atoms with van der Waals surface area (Å²) >= 11 is 12.2. The molecular weight excluding hydrogens is 576 g/mol. The third-order valence-electron chi connectivity index (χ3n) is 6.25. The average molecular weight is 599 g/mol. The lowest BCUT2D eigenvalue weighted by atomic mass is 10.0. The van der Waals surface area contributed by atoms with Crippen LogP contribution in [0.2, 0.25) is 5.02 Å². The van der Waals surface area contributed by atoms with Gasteiger partial charge in [0.25, 0.3) is 0 Å². The van der Waals surface area contributed by atoms with Gasteiger partial charge in [0.1, 0.15) is 23.3 Å². The number of rotatable bonds is 8. The molecule has 2 aromatic heterocycles. The van der Waals surface area contributed by atoms with Crippen molar-refractivity contribution in [1.82, 2.24) is 10.3 Å². The van der Waals surface area contributed by atoms with Crippen molar-refractivity contribution in [3.8, 4) is 17.1 Å². The van der Waals surface area contributed by atoms with Gasteiger partial charge in [-0.2, -0.15) is 0 Å². The monoisotopic (exact) mass is 598 g/mol. The third kappa shape index (κ3) is 5.46. The maximum Gasteiger partial charge on any atom is 0.335 e. The highest BCUT2D eigenvalue weighted by molar-refractivity contribution is 7.92. The van der Waals surface area contributed by atoms with Gasteiger partial charge in [0.05, 0.1) is 41.4 Å². The number of aromatic carboxylic acids is 1. The summed E-state index contributed by atoms with van der Waals surface area (Å²) in [5.74, 6) is 0.0976. The van der Waals surface area contributed by atoms with Crippen molar-refractivity contribution in [2.24, 2.45) is 0 Å². The Morgan fingerprint density at radius 3 is 2.65 bits per heavy atom. The van der Waals surface area contributed by atoms with Crippen LogP contribution in [-0.4, -0.2) is 43.0 Å².